The van der Waals surface area contributed by atoms with Crippen LogP contribution in [0, 0.1) is 0 Å². The zero-order valence-corrected chi connectivity index (χ0v) is 10.1. The molecule has 0 atom stereocenters. The van der Waals surface area contributed by atoms with E-state index in [0.29, 0.717) is 19.6 Å². The van der Waals surface area contributed by atoms with E-state index in [1.165, 1.54) is 13.8 Å². The van der Waals surface area contributed by atoms with Gasteiger partial charge in [0.25, 0.3) is 0 Å². The highest BCUT2D eigenvalue weighted by atomic mass is 16.2. The highest BCUT2D eigenvalue weighted by Crippen LogP contribution is 2.02. The summed E-state index contributed by atoms with van der Waals surface area (Å²) in [5.74, 6) is -0.103. The van der Waals surface area contributed by atoms with Crippen LogP contribution in [0.15, 0.2) is 24.5 Å². The van der Waals surface area contributed by atoms with E-state index in [1.807, 2.05) is 12.1 Å². The van der Waals surface area contributed by atoms with Gasteiger partial charge < -0.3 is 10.2 Å². The number of carbonyl (C=O) groups excluding carboxylic acids is 2. The molecule has 5 nitrogen and oxygen atoms in total. The number of hydrogen-bond donors (Lipinski definition) is 1. The zero-order valence-electron chi connectivity index (χ0n) is 10.1. The summed E-state index contributed by atoms with van der Waals surface area (Å²) in [6.07, 6.45) is 3.42. The number of carbonyl (C=O) groups is 2. The minimum absolute atomic E-state index is 0.0146. The molecule has 0 aliphatic heterocycles. The summed E-state index contributed by atoms with van der Waals surface area (Å²) in [6, 6.07) is 3.75. The van der Waals surface area contributed by atoms with Gasteiger partial charge in [-0.05, 0) is 11.6 Å². The van der Waals surface area contributed by atoms with Crippen molar-refractivity contribution in [2.75, 3.05) is 13.1 Å². The third-order valence-corrected chi connectivity index (χ3v) is 2.30. The van der Waals surface area contributed by atoms with Gasteiger partial charge in [-0.15, -0.1) is 0 Å². The fraction of sp³-hybridized carbons (Fsp3) is 0.417. The summed E-state index contributed by atoms with van der Waals surface area (Å²) < 4.78 is 0. The van der Waals surface area contributed by atoms with Crippen molar-refractivity contribution in [3.8, 4) is 0 Å². The van der Waals surface area contributed by atoms with Crippen LogP contribution in [-0.2, 0) is 16.1 Å². The van der Waals surface area contributed by atoms with Gasteiger partial charge >= 0.3 is 0 Å². The van der Waals surface area contributed by atoms with Crippen LogP contribution in [0.4, 0.5) is 0 Å². The van der Waals surface area contributed by atoms with Gasteiger partial charge in [-0.25, -0.2) is 0 Å². The summed E-state index contributed by atoms with van der Waals surface area (Å²) in [5, 5.41) is 2.67. The van der Waals surface area contributed by atoms with Crippen LogP contribution >= 0.6 is 0 Å². The van der Waals surface area contributed by atoms with Gasteiger partial charge in [0.05, 0.1) is 0 Å². The second-order valence-corrected chi connectivity index (χ2v) is 3.78. The van der Waals surface area contributed by atoms with Crippen molar-refractivity contribution in [2.45, 2.75) is 20.4 Å². The van der Waals surface area contributed by atoms with Crippen molar-refractivity contribution in [1.29, 1.82) is 0 Å². The van der Waals surface area contributed by atoms with E-state index in [1.54, 1.807) is 17.3 Å². The highest BCUT2D eigenvalue weighted by Gasteiger charge is 2.09. The minimum Gasteiger partial charge on any atom is -0.355 e. The molecule has 92 valence electrons. The van der Waals surface area contributed by atoms with Crippen molar-refractivity contribution in [3.63, 3.8) is 0 Å². The molecule has 0 unspecified atom stereocenters. The largest absolute Gasteiger partial charge is 0.355 e. The molecule has 0 saturated carbocycles. The van der Waals surface area contributed by atoms with Gasteiger partial charge in [0.2, 0.25) is 11.8 Å². The quantitative estimate of drug-likeness (QED) is 0.811. The first-order chi connectivity index (χ1) is 8.09. The Morgan fingerprint density at radius 1 is 1.41 bits per heavy atom. The molecule has 0 aromatic carbocycles. The molecule has 1 heterocycles. The zero-order chi connectivity index (χ0) is 12.7. The van der Waals surface area contributed by atoms with Gasteiger partial charge in [0.1, 0.15) is 0 Å². The summed E-state index contributed by atoms with van der Waals surface area (Å²) in [6.45, 7) is 4.46. The van der Waals surface area contributed by atoms with Crippen molar-refractivity contribution >= 4 is 11.8 Å². The molecular weight excluding hydrogens is 218 g/mol. The second kappa shape index (κ2) is 6.62. The van der Waals surface area contributed by atoms with Crippen molar-refractivity contribution in [3.05, 3.63) is 30.1 Å². The molecule has 17 heavy (non-hydrogen) atoms. The predicted molar refractivity (Wildman–Crippen MR) is 64.0 cm³/mol. The van der Waals surface area contributed by atoms with E-state index < -0.39 is 0 Å². The van der Waals surface area contributed by atoms with Crippen LogP contribution in [0.5, 0.6) is 0 Å². The number of nitrogens with zero attached hydrogens (tertiary/aromatic N) is 2. The first kappa shape index (κ1) is 13.2. The Morgan fingerprint density at radius 2 is 2.18 bits per heavy atom. The Bertz CT molecular complexity index is 379. The molecule has 0 spiro atoms. The molecule has 1 aromatic rings. The molecule has 1 N–H and O–H groups in total. The topological polar surface area (TPSA) is 62.3 Å². The summed E-state index contributed by atoms with van der Waals surface area (Å²) in [5.41, 5.74) is 0.977. The first-order valence-corrected chi connectivity index (χ1v) is 5.48. The summed E-state index contributed by atoms with van der Waals surface area (Å²) >= 11 is 0. The molecule has 0 bridgehead atoms. The third-order valence-electron chi connectivity index (χ3n) is 2.30. The van der Waals surface area contributed by atoms with Gasteiger partial charge in [-0.2, -0.15) is 0 Å². The average molecular weight is 235 g/mol. The highest BCUT2D eigenvalue weighted by molar-refractivity contribution is 5.74. The molecule has 0 fully saturated rings. The van der Waals surface area contributed by atoms with Gasteiger partial charge in [0, 0.05) is 45.9 Å². The molecule has 2 amide bonds. The maximum Gasteiger partial charge on any atom is 0.219 e. The minimum atomic E-state index is -0.0881. The summed E-state index contributed by atoms with van der Waals surface area (Å²) in [7, 11) is 0. The van der Waals surface area contributed by atoms with Crippen LogP contribution in [0.2, 0.25) is 0 Å². The van der Waals surface area contributed by atoms with Crippen LogP contribution in [0.3, 0.4) is 0 Å². The van der Waals surface area contributed by atoms with E-state index in [2.05, 4.69) is 10.3 Å². The van der Waals surface area contributed by atoms with E-state index in [0.717, 1.165) is 5.56 Å². The van der Waals surface area contributed by atoms with Crippen LogP contribution < -0.4 is 5.32 Å². The number of aromatic nitrogens is 1. The Balaban J connectivity index is 2.49. The lowest BCUT2D eigenvalue weighted by Gasteiger charge is -2.20. The second-order valence-electron chi connectivity index (χ2n) is 3.78. The smallest absolute Gasteiger partial charge is 0.219 e. The van der Waals surface area contributed by atoms with Crippen LogP contribution in [0.25, 0.3) is 0 Å². The number of pyridine rings is 1. The maximum atomic E-state index is 11.4. The van der Waals surface area contributed by atoms with Gasteiger partial charge in [-0.1, -0.05) is 6.07 Å². The van der Waals surface area contributed by atoms with Gasteiger partial charge in [-0.3, -0.25) is 14.6 Å². The average Bonchev–Trinajstić information content (AvgIpc) is 2.28. The third kappa shape index (κ3) is 5.10. The Labute approximate surface area is 101 Å². The molecule has 0 aliphatic carbocycles. The molecule has 1 aromatic heterocycles. The van der Waals surface area contributed by atoms with Crippen molar-refractivity contribution in [1.82, 2.24) is 15.2 Å². The lowest BCUT2D eigenvalue weighted by atomic mass is 10.2. The van der Waals surface area contributed by atoms with E-state index in [9.17, 15) is 9.59 Å². The lowest BCUT2D eigenvalue weighted by Crippen LogP contribution is -2.36. The van der Waals surface area contributed by atoms with Crippen molar-refractivity contribution < 1.29 is 9.59 Å². The van der Waals surface area contributed by atoms with Gasteiger partial charge in [0.15, 0.2) is 0 Å². The Kier molecular flexibility index (Phi) is 5.13. The number of nitrogens with one attached hydrogen (secondary N) is 1. The fourth-order valence-electron chi connectivity index (χ4n) is 1.43. The van der Waals surface area contributed by atoms with E-state index in [-0.39, 0.29) is 11.8 Å². The molecule has 0 saturated heterocycles. The summed E-state index contributed by atoms with van der Waals surface area (Å²) in [4.78, 5) is 27.8. The molecule has 5 heteroatoms. The normalized spacial score (nSPS) is 9.76. The molecule has 1 rings (SSSR count). The van der Waals surface area contributed by atoms with E-state index >= 15 is 0 Å². The number of hydrogen-bond acceptors (Lipinski definition) is 3. The Morgan fingerprint density at radius 3 is 2.71 bits per heavy atom. The first-order valence-electron chi connectivity index (χ1n) is 5.48. The number of rotatable bonds is 5. The maximum absolute atomic E-state index is 11.4. The number of amides is 2. The van der Waals surface area contributed by atoms with E-state index in [4.69, 9.17) is 0 Å². The van der Waals surface area contributed by atoms with Crippen LogP contribution in [-0.4, -0.2) is 34.8 Å². The SMILES string of the molecule is CC(=O)NCCN(Cc1cccnc1)C(C)=O. The monoisotopic (exact) mass is 235 g/mol. The van der Waals surface area contributed by atoms with Crippen molar-refractivity contribution in [2.24, 2.45) is 0 Å². The fourth-order valence-corrected chi connectivity index (χ4v) is 1.43. The molecule has 0 aliphatic rings. The standard InChI is InChI=1S/C12H17N3O2/c1-10(16)14-6-7-15(11(2)17)9-12-4-3-5-13-8-12/h3-5,8H,6-7,9H2,1-2H3,(H,14,16). The predicted octanol–water partition coefficient (Wildman–Crippen LogP) is 0.566. The molecule has 0 radical (unpaired) electrons. The molecular formula is C12H17N3O2. The lowest BCUT2D eigenvalue weighted by molar-refractivity contribution is -0.130. The van der Waals surface area contributed by atoms with Crippen LogP contribution in [0.1, 0.15) is 19.4 Å². The Hall–Kier alpha value is -1.91.